The Morgan fingerprint density at radius 1 is 1.19 bits per heavy atom. The van der Waals surface area contributed by atoms with Crippen molar-refractivity contribution in [1.29, 1.82) is 0 Å². The van der Waals surface area contributed by atoms with Crippen LogP contribution in [0, 0.1) is 6.92 Å². The molecule has 0 aliphatic carbocycles. The van der Waals surface area contributed by atoms with Crippen LogP contribution < -0.4 is 0 Å². The van der Waals surface area contributed by atoms with Crippen LogP contribution in [0.2, 0.25) is 5.02 Å². The van der Waals surface area contributed by atoms with Crippen molar-refractivity contribution in [3.05, 3.63) is 81.9 Å². The van der Waals surface area contributed by atoms with Gasteiger partial charge in [0.25, 0.3) is 0 Å². The SMILES string of the molecule is Cc1cc(Cl)cc(CN2CCc3c(ncn3CCc3ccccc3)C2)c1O. The maximum atomic E-state index is 10.3. The summed E-state index contributed by atoms with van der Waals surface area (Å²) in [5.41, 5.74) is 5.54. The molecule has 2 heterocycles. The van der Waals surface area contributed by atoms with E-state index in [1.807, 2.05) is 19.3 Å². The van der Waals surface area contributed by atoms with E-state index >= 15 is 0 Å². The Kier molecular flexibility index (Phi) is 5.19. The molecule has 1 aliphatic heterocycles. The minimum absolute atomic E-state index is 0.346. The minimum Gasteiger partial charge on any atom is -0.507 e. The summed E-state index contributed by atoms with van der Waals surface area (Å²) in [4.78, 5) is 6.97. The first kappa shape index (κ1) is 18.1. The molecule has 0 radical (unpaired) electrons. The van der Waals surface area contributed by atoms with E-state index in [4.69, 9.17) is 11.6 Å². The van der Waals surface area contributed by atoms with Crippen molar-refractivity contribution >= 4 is 11.6 Å². The summed E-state index contributed by atoms with van der Waals surface area (Å²) in [6.07, 6.45) is 3.96. The van der Waals surface area contributed by atoms with E-state index in [9.17, 15) is 5.11 Å². The third-order valence-corrected chi connectivity index (χ3v) is 5.51. The lowest BCUT2D eigenvalue weighted by Gasteiger charge is -2.27. The molecule has 0 atom stereocenters. The second-order valence-corrected chi connectivity index (χ2v) is 7.69. The summed E-state index contributed by atoms with van der Waals surface area (Å²) in [5, 5.41) is 11.0. The number of hydrogen-bond acceptors (Lipinski definition) is 3. The first-order valence-corrected chi connectivity index (χ1v) is 9.75. The highest BCUT2D eigenvalue weighted by atomic mass is 35.5. The molecule has 1 aromatic heterocycles. The molecule has 4 nitrogen and oxygen atoms in total. The maximum absolute atomic E-state index is 10.3. The van der Waals surface area contributed by atoms with Gasteiger partial charge in [-0.1, -0.05) is 41.9 Å². The number of fused-ring (bicyclic) bond motifs is 1. The van der Waals surface area contributed by atoms with Crippen LogP contribution in [0.1, 0.15) is 28.1 Å². The molecule has 4 rings (SSSR count). The Morgan fingerprint density at radius 2 is 2.00 bits per heavy atom. The number of phenolic OH excluding ortho intramolecular Hbond substituents is 1. The van der Waals surface area contributed by atoms with Crippen LogP contribution in [0.25, 0.3) is 0 Å². The predicted octanol–water partition coefficient (Wildman–Crippen LogP) is 4.35. The van der Waals surface area contributed by atoms with Crippen molar-refractivity contribution in [2.75, 3.05) is 6.54 Å². The van der Waals surface area contributed by atoms with E-state index in [-0.39, 0.29) is 0 Å². The number of halogens is 1. The first-order chi connectivity index (χ1) is 13.1. The molecule has 0 fully saturated rings. The summed E-state index contributed by atoms with van der Waals surface area (Å²) < 4.78 is 2.29. The van der Waals surface area contributed by atoms with Crippen molar-refractivity contribution in [1.82, 2.24) is 14.5 Å². The predicted molar refractivity (Wildman–Crippen MR) is 108 cm³/mol. The Bertz CT molecular complexity index is 936. The molecule has 5 heteroatoms. The fourth-order valence-corrected chi connectivity index (χ4v) is 4.11. The number of aryl methyl sites for hydroxylation is 3. The highest BCUT2D eigenvalue weighted by Gasteiger charge is 2.22. The lowest BCUT2D eigenvalue weighted by Crippen LogP contribution is -2.31. The first-order valence-electron chi connectivity index (χ1n) is 9.37. The Labute approximate surface area is 165 Å². The van der Waals surface area contributed by atoms with Gasteiger partial charge in [0, 0.05) is 48.9 Å². The van der Waals surface area contributed by atoms with E-state index in [1.165, 1.54) is 11.3 Å². The molecular formula is C22H24ClN3O. The topological polar surface area (TPSA) is 41.3 Å². The number of imidazole rings is 1. The number of hydrogen-bond donors (Lipinski definition) is 1. The van der Waals surface area contributed by atoms with E-state index < -0.39 is 0 Å². The van der Waals surface area contributed by atoms with Crippen molar-refractivity contribution < 1.29 is 5.11 Å². The van der Waals surface area contributed by atoms with Crippen LogP contribution in [0.15, 0.2) is 48.8 Å². The molecule has 1 aliphatic rings. The van der Waals surface area contributed by atoms with Crippen LogP contribution in [0.5, 0.6) is 5.75 Å². The normalized spacial score (nSPS) is 14.3. The van der Waals surface area contributed by atoms with Crippen molar-refractivity contribution in [3.63, 3.8) is 0 Å². The Balaban J connectivity index is 1.43. The van der Waals surface area contributed by atoms with Crippen LogP contribution in [-0.2, 0) is 32.5 Å². The number of aromatic nitrogens is 2. The quantitative estimate of drug-likeness (QED) is 0.714. The summed E-state index contributed by atoms with van der Waals surface area (Å²) in [5.74, 6) is 0.346. The summed E-state index contributed by atoms with van der Waals surface area (Å²) in [7, 11) is 0. The number of benzene rings is 2. The zero-order valence-corrected chi connectivity index (χ0v) is 16.3. The van der Waals surface area contributed by atoms with Gasteiger partial charge in [-0.25, -0.2) is 4.98 Å². The van der Waals surface area contributed by atoms with Gasteiger partial charge in [0.2, 0.25) is 0 Å². The van der Waals surface area contributed by atoms with E-state index in [2.05, 4.69) is 44.8 Å². The van der Waals surface area contributed by atoms with Gasteiger partial charge in [-0.3, -0.25) is 4.90 Å². The number of rotatable bonds is 5. The number of aromatic hydroxyl groups is 1. The molecule has 0 saturated heterocycles. The Hall–Kier alpha value is -2.30. The van der Waals surface area contributed by atoms with Gasteiger partial charge in [-0.15, -0.1) is 0 Å². The lowest BCUT2D eigenvalue weighted by molar-refractivity contribution is 0.236. The summed E-state index contributed by atoms with van der Waals surface area (Å²) in [6, 6.07) is 14.2. The highest BCUT2D eigenvalue weighted by molar-refractivity contribution is 6.30. The van der Waals surface area contributed by atoms with E-state index in [1.54, 1.807) is 6.07 Å². The van der Waals surface area contributed by atoms with Gasteiger partial charge in [-0.05, 0) is 36.6 Å². The van der Waals surface area contributed by atoms with Gasteiger partial charge in [0.15, 0.2) is 0 Å². The molecule has 0 saturated carbocycles. The number of phenols is 1. The second-order valence-electron chi connectivity index (χ2n) is 7.26. The minimum atomic E-state index is 0.346. The lowest BCUT2D eigenvalue weighted by atomic mass is 10.1. The summed E-state index contributed by atoms with van der Waals surface area (Å²) in [6.45, 7) is 5.28. The fraction of sp³-hybridized carbons (Fsp3) is 0.318. The average molecular weight is 382 g/mol. The van der Waals surface area contributed by atoms with Gasteiger partial charge < -0.3 is 9.67 Å². The van der Waals surface area contributed by atoms with Crippen LogP contribution >= 0.6 is 11.6 Å². The van der Waals surface area contributed by atoms with Gasteiger partial charge in [-0.2, -0.15) is 0 Å². The standard InChI is InChI=1S/C22H24ClN3O/c1-16-11-19(23)12-18(22(16)27)13-25-9-8-21-20(14-25)24-15-26(21)10-7-17-5-3-2-4-6-17/h2-6,11-12,15,27H,7-10,13-14H2,1H3. The molecule has 1 N–H and O–H groups in total. The molecule has 3 aromatic rings. The van der Waals surface area contributed by atoms with Gasteiger partial charge in [0.05, 0.1) is 12.0 Å². The van der Waals surface area contributed by atoms with Crippen molar-refractivity contribution in [3.8, 4) is 5.75 Å². The van der Waals surface area contributed by atoms with Crippen LogP contribution in [-0.4, -0.2) is 26.1 Å². The Morgan fingerprint density at radius 3 is 2.81 bits per heavy atom. The average Bonchev–Trinajstić information content (AvgIpc) is 3.07. The highest BCUT2D eigenvalue weighted by Crippen LogP contribution is 2.29. The van der Waals surface area contributed by atoms with Gasteiger partial charge in [0.1, 0.15) is 5.75 Å². The molecular weight excluding hydrogens is 358 g/mol. The summed E-state index contributed by atoms with van der Waals surface area (Å²) >= 11 is 6.16. The molecule has 0 amide bonds. The van der Waals surface area contributed by atoms with E-state index in [0.717, 1.165) is 49.3 Å². The zero-order valence-electron chi connectivity index (χ0n) is 15.5. The molecule has 27 heavy (non-hydrogen) atoms. The molecule has 0 unspecified atom stereocenters. The third kappa shape index (κ3) is 4.02. The number of nitrogens with zero attached hydrogens (tertiary/aromatic N) is 3. The molecule has 2 aromatic carbocycles. The van der Waals surface area contributed by atoms with Crippen molar-refractivity contribution in [2.45, 2.75) is 39.4 Å². The molecule has 140 valence electrons. The smallest absolute Gasteiger partial charge is 0.123 e. The zero-order chi connectivity index (χ0) is 18.8. The largest absolute Gasteiger partial charge is 0.507 e. The van der Waals surface area contributed by atoms with Crippen molar-refractivity contribution in [2.24, 2.45) is 0 Å². The monoisotopic (exact) mass is 381 g/mol. The second kappa shape index (κ2) is 7.75. The molecule has 0 bridgehead atoms. The fourth-order valence-electron chi connectivity index (χ4n) is 3.81. The van der Waals surface area contributed by atoms with Crippen LogP contribution in [0.4, 0.5) is 0 Å². The third-order valence-electron chi connectivity index (χ3n) is 5.29. The van der Waals surface area contributed by atoms with E-state index in [0.29, 0.717) is 17.3 Å². The maximum Gasteiger partial charge on any atom is 0.123 e. The molecule has 0 spiro atoms. The van der Waals surface area contributed by atoms with Gasteiger partial charge >= 0.3 is 0 Å². The van der Waals surface area contributed by atoms with Crippen LogP contribution in [0.3, 0.4) is 0 Å².